The highest BCUT2D eigenvalue weighted by Gasteiger charge is 2.47. The largest absolute Gasteiger partial charge is 0.378 e. The first-order valence-electron chi connectivity index (χ1n) is 8.66. The summed E-state index contributed by atoms with van der Waals surface area (Å²) in [7, 11) is 0. The van der Waals surface area contributed by atoms with E-state index in [0.29, 0.717) is 50.4 Å². The highest BCUT2D eigenvalue weighted by atomic mass is 16.5. The number of allylic oxidation sites excluding steroid dienone is 2. The zero-order chi connectivity index (χ0) is 17.4. The zero-order valence-corrected chi connectivity index (χ0v) is 13.9. The molecule has 0 unspecified atom stereocenters. The fourth-order valence-electron chi connectivity index (χ4n) is 3.78. The number of nitrogens with zero attached hydrogens (tertiary/aromatic N) is 2. The number of hydrogen-bond acceptors (Lipinski definition) is 4. The number of morpholine rings is 1. The molecule has 6 nitrogen and oxygen atoms in total. The summed E-state index contributed by atoms with van der Waals surface area (Å²) in [4.78, 5) is 41.0. The molecule has 0 radical (unpaired) electrons. The lowest BCUT2D eigenvalue weighted by atomic mass is 9.85. The van der Waals surface area contributed by atoms with E-state index in [0.717, 1.165) is 0 Å². The van der Waals surface area contributed by atoms with Crippen molar-refractivity contribution in [3.8, 4) is 0 Å². The first kappa shape index (κ1) is 16.0. The van der Waals surface area contributed by atoms with Crippen LogP contribution in [0.2, 0.25) is 0 Å². The summed E-state index contributed by atoms with van der Waals surface area (Å²) in [5, 5.41) is 0. The van der Waals surface area contributed by atoms with Crippen LogP contribution in [0.3, 0.4) is 0 Å². The molecule has 0 spiro atoms. The minimum absolute atomic E-state index is 0.0941. The predicted octanol–water partition coefficient (Wildman–Crippen LogP) is 1.61. The van der Waals surface area contributed by atoms with Crippen molar-refractivity contribution < 1.29 is 19.1 Å². The van der Waals surface area contributed by atoms with Crippen LogP contribution >= 0.6 is 0 Å². The molecule has 0 aromatic heterocycles. The molecule has 2 heterocycles. The quantitative estimate of drug-likeness (QED) is 0.606. The molecule has 2 fully saturated rings. The topological polar surface area (TPSA) is 66.9 Å². The summed E-state index contributed by atoms with van der Waals surface area (Å²) in [6.07, 6.45) is 5.15. The van der Waals surface area contributed by atoms with Gasteiger partial charge in [-0.3, -0.25) is 19.3 Å². The maximum Gasteiger partial charge on any atom is 0.254 e. The average Bonchev–Trinajstić information content (AvgIpc) is 2.93. The Balaban J connectivity index is 1.60. The van der Waals surface area contributed by atoms with E-state index in [1.807, 2.05) is 12.2 Å². The number of rotatable bonds is 2. The van der Waals surface area contributed by atoms with Gasteiger partial charge in [0.1, 0.15) is 0 Å². The SMILES string of the molecule is O=C(c1cccc(N2C(=O)[C@H]3CC=CC[C@H]3C2=O)c1)N1CCOCC1. The van der Waals surface area contributed by atoms with Crippen molar-refractivity contribution >= 4 is 23.4 Å². The van der Waals surface area contributed by atoms with Crippen LogP contribution in [-0.2, 0) is 14.3 Å². The average molecular weight is 340 g/mol. The number of fused-ring (bicyclic) bond motifs is 1. The minimum Gasteiger partial charge on any atom is -0.378 e. The van der Waals surface area contributed by atoms with Gasteiger partial charge in [-0.2, -0.15) is 0 Å². The second kappa shape index (κ2) is 6.44. The highest BCUT2D eigenvalue weighted by molar-refractivity contribution is 6.22. The van der Waals surface area contributed by atoms with E-state index >= 15 is 0 Å². The summed E-state index contributed by atoms with van der Waals surface area (Å²) < 4.78 is 5.28. The molecule has 0 saturated carbocycles. The number of hydrogen-bond donors (Lipinski definition) is 0. The molecule has 0 bridgehead atoms. The van der Waals surface area contributed by atoms with Crippen LogP contribution in [0.4, 0.5) is 5.69 Å². The molecule has 0 N–H and O–H groups in total. The molecular formula is C19H20N2O4. The van der Waals surface area contributed by atoms with Gasteiger partial charge in [-0.15, -0.1) is 0 Å². The molecule has 4 rings (SSSR count). The third kappa shape index (κ3) is 2.76. The van der Waals surface area contributed by atoms with Crippen LogP contribution in [0.5, 0.6) is 0 Å². The zero-order valence-electron chi connectivity index (χ0n) is 13.9. The molecule has 2 saturated heterocycles. The summed E-state index contributed by atoms with van der Waals surface area (Å²) in [6.45, 7) is 2.18. The second-order valence-corrected chi connectivity index (χ2v) is 6.62. The Morgan fingerprint density at radius 3 is 2.28 bits per heavy atom. The number of anilines is 1. The van der Waals surface area contributed by atoms with Gasteiger partial charge in [-0.1, -0.05) is 18.2 Å². The number of benzene rings is 1. The standard InChI is InChI=1S/C19H20N2O4/c22-17(20-8-10-25-11-9-20)13-4-3-5-14(12-13)21-18(23)15-6-1-2-7-16(15)19(21)24/h1-5,12,15-16H,6-11H2/t15-,16+. The van der Waals surface area contributed by atoms with E-state index in [-0.39, 0.29) is 29.6 Å². The maximum atomic E-state index is 12.7. The molecule has 2 atom stereocenters. The molecule has 1 aromatic rings. The molecule has 3 aliphatic rings. The third-order valence-electron chi connectivity index (χ3n) is 5.16. The van der Waals surface area contributed by atoms with E-state index in [9.17, 15) is 14.4 Å². The fourth-order valence-corrected chi connectivity index (χ4v) is 3.78. The molecule has 130 valence electrons. The van der Waals surface area contributed by atoms with Crippen molar-refractivity contribution in [1.82, 2.24) is 4.90 Å². The van der Waals surface area contributed by atoms with Gasteiger partial charge < -0.3 is 9.64 Å². The minimum atomic E-state index is -0.267. The lowest BCUT2D eigenvalue weighted by Gasteiger charge is -2.27. The van der Waals surface area contributed by atoms with Crippen LogP contribution in [0.15, 0.2) is 36.4 Å². The van der Waals surface area contributed by atoms with Crippen molar-refractivity contribution in [2.24, 2.45) is 11.8 Å². The monoisotopic (exact) mass is 340 g/mol. The number of imide groups is 1. The Morgan fingerprint density at radius 1 is 1.00 bits per heavy atom. The summed E-state index contributed by atoms with van der Waals surface area (Å²) in [5.74, 6) is -0.943. The van der Waals surface area contributed by atoms with Gasteiger partial charge in [0, 0.05) is 18.7 Å². The Bertz CT molecular complexity index is 726. The summed E-state index contributed by atoms with van der Waals surface area (Å²) in [5.41, 5.74) is 0.983. The van der Waals surface area contributed by atoms with Crippen molar-refractivity contribution in [2.45, 2.75) is 12.8 Å². The number of carbonyl (C=O) groups excluding carboxylic acids is 3. The smallest absolute Gasteiger partial charge is 0.254 e. The van der Waals surface area contributed by atoms with Crippen LogP contribution in [-0.4, -0.2) is 48.9 Å². The van der Waals surface area contributed by atoms with Gasteiger partial charge >= 0.3 is 0 Å². The van der Waals surface area contributed by atoms with Gasteiger partial charge in [0.2, 0.25) is 11.8 Å². The van der Waals surface area contributed by atoms with Crippen molar-refractivity contribution in [2.75, 3.05) is 31.2 Å². The van der Waals surface area contributed by atoms with E-state index in [1.54, 1.807) is 29.2 Å². The summed E-state index contributed by atoms with van der Waals surface area (Å²) >= 11 is 0. The molecule has 25 heavy (non-hydrogen) atoms. The Kier molecular flexibility index (Phi) is 4.13. The van der Waals surface area contributed by atoms with Crippen LogP contribution < -0.4 is 4.90 Å². The molecular weight excluding hydrogens is 320 g/mol. The Hall–Kier alpha value is -2.47. The third-order valence-corrected chi connectivity index (χ3v) is 5.16. The first-order chi connectivity index (χ1) is 12.2. The maximum absolute atomic E-state index is 12.7. The predicted molar refractivity (Wildman–Crippen MR) is 91.0 cm³/mol. The van der Waals surface area contributed by atoms with Gasteiger partial charge in [0.25, 0.3) is 5.91 Å². The molecule has 2 aliphatic heterocycles. The molecule has 1 aromatic carbocycles. The van der Waals surface area contributed by atoms with Crippen LogP contribution in [0.1, 0.15) is 23.2 Å². The van der Waals surface area contributed by atoms with E-state index in [2.05, 4.69) is 0 Å². The van der Waals surface area contributed by atoms with Crippen LogP contribution in [0.25, 0.3) is 0 Å². The fraction of sp³-hybridized carbons (Fsp3) is 0.421. The number of carbonyl (C=O) groups is 3. The molecule has 3 amide bonds. The summed E-state index contributed by atoms with van der Waals surface area (Å²) in [6, 6.07) is 6.82. The highest BCUT2D eigenvalue weighted by Crippen LogP contribution is 2.37. The second-order valence-electron chi connectivity index (χ2n) is 6.62. The molecule has 6 heteroatoms. The number of amides is 3. The normalized spacial score (nSPS) is 26.1. The lowest BCUT2D eigenvalue weighted by Crippen LogP contribution is -2.40. The van der Waals surface area contributed by atoms with Crippen molar-refractivity contribution in [3.05, 3.63) is 42.0 Å². The first-order valence-corrected chi connectivity index (χ1v) is 8.66. The molecule has 1 aliphatic carbocycles. The van der Waals surface area contributed by atoms with Gasteiger partial charge in [-0.25, -0.2) is 0 Å². The van der Waals surface area contributed by atoms with Gasteiger partial charge in [-0.05, 0) is 31.0 Å². The van der Waals surface area contributed by atoms with Crippen molar-refractivity contribution in [3.63, 3.8) is 0 Å². The van der Waals surface area contributed by atoms with Gasteiger partial charge in [0.15, 0.2) is 0 Å². The van der Waals surface area contributed by atoms with E-state index in [1.165, 1.54) is 4.90 Å². The Morgan fingerprint density at radius 2 is 1.64 bits per heavy atom. The van der Waals surface area contributed by atoms with E-state index in [4.69, 9.17) is 4.74 Å². The van der Waals surface area contributed by atoms with Crippen LogP contribution in [0, 0.1) is 11.8 Å². The Labute approximate surface area is 146 Å². The van der Waals surface area contributed by atoms with Crippen molar-refractivity contribution in [1.29, 1.82) is 0 Å². The van der Waals surface area contributed by atoms with Gasteiger partial charge in [0.05, 0.1) is 30.7 Å². The van der Waals surface area contributed by atoms with E-state index < -0.39 is 0 Å². The number of ether oxygens (including phenoxy) is 1. The lowest BCUT2D eigenvalue weighted by molar-refractivity contribution is -0.122.